The van der Waals surface area contributed by atoms with Gasteiger partial charge in [-0.3, -0.25) is 9.78 Å². The molecule has 2 fully saturated rings. The van der Waals surface area contributed by atoms with Crippen molar-refractivity contribution >= 4 is 17.4 Å². The molecule has 1 aromatic rings. The molecule has 2 aliphatic rings. The summed E-state index contributed by atoms with van der Waals surface area (Å²) in [5.41, 5.74) is 6.17. The predicted octanol–water partition coefficient (Wildman–Crippen LogP) is 0.121. The Balaban J connectivity index is 1.58. The van der Waals surface area contributed by atoms with Crippen LogP contribution in [-0.4, -0.2) is 71.0 Å². The van der Waals surface area contributed by atoms with Gasteiger partial charge < -0.3 is 20.4 Å². The molecule has 0 radical (unpaired) electrons. The van der Waals surface area contributed by atoms with Crippen LogP contribution in [0.5, 0.6) is 0 Å². The number of hydrogen-bond acceptors (Lipinski definition) is 6. The Bertz CT molecular complexity index is 665. The first kappa shape index (κ1) is 17.7. The van der Waals surface area contributed by atoms with Crippen molar-refractivity contribution in [1.29, 1.82) is 0 Å². The molecule has 1 aromatic heterocycles. The van der Waals surface area contributed by atoms with Crippen LogP contribution in [0.1, 0.15) is 26.7 Å². The number of anilines is 2. The lowest BCUT2D eigenvalue weighted by Gasteiger charge is -2.40. The van der Waals surface area contributed by atoms with Crippen molar-refractivity contribution in [2.45, 2.75) is 32.7 Å². The molecule has 1 unspecified atom stereocenters. The summed E-state index contributed by atoms with van der Waals surface area (Å²) in [6.45, 7) is 9.09. The minimum absolute atomic E-state index is 0.113. The van der Waals surface area contributed by atoms with E-state index in [0.717, 1.165) is 31.6 Å². The van der Waals surface area contributed by atoms with Crippen molar-refractivity contribution in [3.05, 3.63) is 16.7 Å². The second-order valence-electron chi connectivity index (χ2n) is 7.23. The molecule has 1 amide bonds. The molecule has 2 aliphatic heterocycles. The third kappa shape index (κ3) is 3.95. The fourth-order valence-electron chi connectivity index (χ4n) is 3.76. The van der Waals surface area contributed by atoms with E-state index in [1.807, 2.05) is 4.90 Å². The summed E-state index contributed by atoms with van der Waals surface area (Å²) in [5.74, 6) is 0.722. The third-order valence-corrected chi connectivity index (χ3v) is 5.29. The average molecular weight is 348 g/mol. The Kier molecular flexibility index (Phi) is 5.27. The molecular weight excluding hydrogens is 320 g/mol. The molecule has 0 bridgehead atoms. The number of H-pyrrole nitrogens is 1. The van der Waals surface area contributed by atoms with E-state index in [2.05, 4.69) is 33.6 Å². The number of nitrogens with zero attached hydrogens (tertiary/aromatic N) is 4. The van der Waals surface area contributed by atoms with Crippen molar-refractivity contribution in [3.63, 3.8) is 0 Å². The van der Waals surface area contributed by atoms with Crippen LogP contribution in [0, 0.1) is 5.92 Å². The van der Waals surface area contributed by atoms with Gasteiger partial charge in [-0.1, -0.05) is 0 Å². The number of hydrogen-bond donors (Lipinski definition) is 2. The number of nitrogens with one attached hydrogen (secondary N) is 1. The molecule has 8 heteroatoms. The number of likely N-dealkylation sites (tertiary alicyclic amines) is 1. The molecule has 0 spiro atoms. The third-order valence-electron chi connectivity index (χ3n) is 5.29. The zero-order chi connectivity index (χ0) is 18.0. The molecule has 1 atom stereocenters. The number of aromatic nitrogens is 2. The maximum atomic E-state index is 12.9. The minimum atomic E-state index is -0.443. The number of carbonyl (C=O) groups is 1. The highest BCUT2D eigenvalue weighted by molar-refractivity contribution is 5.79. The van der Waals surface area contributed by atoms with Gasteiger partial charge in [-0.2, -0.15) is 4.98 Å². The van der Waals surface area contributed by atoms with Crippen molar-refractivity contribution in [1.82, 2.24) is 19.8 Å². The largest absolute Gasteiger partial charge is 0.383 e. The lowest BCUT2D eigenvalue weighted by molar-refractivity contribution is -0.137. The monoisotopic (exact) mass is 348 g/mol. The molecule has 3 heterocycles. The summed E-state index contributed by atoms with van der Waals surface area (Å²) in [4.78, 5) is 36.8. The van der Waals surface area contributed by atoms with E-state index >= 15 is 0 Å². The maximum absolute atomic E-state index is 12.9. The van der Waals surface area contributed by atoms with Gasteiger partial charge in [0.25, 0.3) is 0 Å². The molecule has 3 rings (SSSR count). The number of carbonyl (C=O) groups excluding carboxylic acids is 1. The van der Waals surface area contributed by atoms with Gasteiger partial charge in [0.15, 0.2) is 0 Å². The quantitative estimate of drug-likeness (QED) is 0.805. The second-order valence-corrected chi connectivity index (χ2v) is 7.23. The number of nitrogens with two attached hydrogens (primary N) is 1. The summed E-state index contributed by atoms with van der Waals surface area (Å²) in [6.07, 6.45) is 3.58. The molecule has 8 nitrogen and oxygen atoms in total. The van der Waals surface area contributed by atoms with Crippen LogP contribution >= 0.6 is 0 Å². The van der Waals surface area contributed by atoms with E-state index in [0.29, 0.717) is 38.0 Å². The van der Waals surface area contributed by atoms with Crippen molar-refractivity contribution < 1.29 is 4.79 Å². The number of amides is 1. The van der Waals surface area contributed by atoms with E-state index in [1.165, 1.54) is 6.20 Å². The number of piperazine rings is 1. The van der Waals surface area contributed by atoms with Crippen molar-refractivity contribution in [3.8, 4) is 0 Å². The summed E-state index contributed by atoms with van der Waals surface area (Å²) < 4.78 is 0. The Morgan fingerprint density at radius 1 is 1.28 bits per heavy atom. The van der Waals surface area contributed by atoms with Gasteiger partial charge in [0.1, 0.15) is 5.82 Å². The molecular formula is C17H28N6O2. The van der Waals surface area contributed by atoms with Gasteiger partial charge in [-0.05, 0) is 33.2 Å². The molecule has 0 saturated carbocycles. The van der Waals surface area contributed by atoms with Crippen LogP contribution in [-0.2, 0) is 4.79 Å². The normalized spacial score (nSPS) is 22.4. The molecule has 25 heavy (non-hydrogen) atoms. The topological polar surface area (TPSA) is 98.6 Å². The van der Waals surface area contributed by atoms with Crippen LogP contribution in [0.3, 0.4) is 0 Å². The highest BCUT2D eigenvalue weighted by Crippen LogP contribution is 2.23. The lowest BCUT2D eigenvalue weighted by Crippen LogP contribution is -2.53. The predicted molar refractivity (Wildman–Crippen MR) is 97.5 cm³/mol. The second kappa shape index (κ2) is 7.43. The first-order valence-electron chi connectivity index (χ1n) is 9.08. The van der Waals surface area contributed by atoms with E-state index in [-0.39, 0.29) is 11.8 Å². The summed E-state index contributed by atoms with van der Waals surface area (Å²) in [5, 5.41) is 0. The first-order valence-corrected chi connectivity index (χ1v) is 9.08. The first-order chi connectivity index (χ1) is 12.0. The van der Waals surface area contributed by atoms with Crippen LogP contribution in [0.25, 0.3) is 0 Å². The van der Waals surface area contributed by atoms with Gasteiger partial charge in [-0.25, -0.2) is 4.79 Å². The van der Waals surface area contributed by atoms with Gasteiger partial charge in [0.2, 0.25) is 5.91 Å². The standard InChI is InChI=1S/C17H28N6O2/c1-12(2)23-5-3-4-13(11-23)16(24)22-8-6-21(7-9-22)14-10-19-17(25)20-15(14)18/h10,12-13H,3-9,11H2,1-2H3,(H3,18,19,20,25). The molecule has 0 aromatic carbocycles. The highest BCUT2D eigenvalue weighted by Gasteiger charge is 2.32. The van der Waals surface area contributed by atoms with Crippen LogP contribution in [0.2, 0.25) is 0 Å². The fourth-order valence-corrected chi connectivity index (χ4v) is 3.76. The zero-order valence-corrected chi connectivity index (χ0v) is 15.1. The Hall–Kier alpha value is -2.09. The lowest BCUT2D eigenvalue weighted by atomic mass is 9.95. The van der Waals surface area contributed by atoms with E-state index < -0.39 is 5.69 Å². The number of nitrogen functional groups attached to an aromatic ring is 1. The SMILES string of the molecule is CC(C)N1CCCC(C(=O)N2CCN(c3cnc(=O)[nH]c3N)CC2)C1. The summed E-state index contributed by atoms with van der Waals surface area (Å²) >= 11 is 0. The molecule has 138 valence electrons. The summed E-state index contributed by atoms with van der Waals surface area (Å²) in [6, 6.07) is 0.489. The van der Waals surface area contributed by atoms with E-state index in [1.54, 1.807) is 0 Å². The van der Waals surface area contributed by atoms with Crippen LogP contribution < -0.4 is 16.3 Å². The zero-order valence-electron chi connectivity index (χ0n) is 15.1. The number of aromatic amines is 1. The number of rotatable bonds is 3. The van der Waals surface area contributed by atoms with Crippen molar-refractivity contribution in [2.24, 2.45) is 5.92 Å². The fraction of sp³-hybridized carbons (Fsp3) is 0.706. The molecule has 3 N–H and O–H groups in total. The van der Waals surface area contributed by atoms with Gasteiger partial charge in [0, 0.05) is 38.8 Å². The molecule has 2 saturated heterocycles. The van der Waals surface area contributed by atoms with E-state index in [4.69, 9.17) is 5.73 Å². The Labute approximate surface area is 148 Å². The van der Waals surface area contributed by atoms with Gasteiger partial charge >= 0.3 is 5.69 Å². The Morgan fingerprint density at radius 2 is 2.00 bits per heavy atom. The average Bonchev–Trinajstić information content (AvgIpc) is 2.61. The Morgan fingerprint density at radius 3 is 2.64 bits per heavy atom. The number of piperidine rings is 1. The van der Waals surface area contributed by atoms with E-state index in [9.17, 15) is 9.59 Å². The highest BCUT2D eigenvalue weighted by atomic mass is 16.2. The van der Waals surface area contributed by atoms with Gasteiger partial charge in [0.05, 0.1) is 17.8 Å². The minimum Gasteiger partial charge on any atom is -0.383 e. The maximum Gasteiger partial charge on any atom is 0.346 e. The smallest absolute Gasteiger partial charge is 0.346 e. The van der Waals surface area contributed by atoms with Crippen LogP contribution in [0.15, 0.2) is 11.0 Å². The summed E-state index contributed by atoms with van der Waals surface area (Å²) in [7, 11) is 0. The van der Waals surface area contributed by atoms with Gasteiger partial charge in [-0.15, -0.1) is 0 Å². The molecule has 0 aliphatic carbocycles. The van der Waals surface area contributed by atoms with Crippen LogP contribution in [0.4, 0.5) is 11.5 Å². The van der Waals surface area contributed by atoms with Crippen molar-refractivity contribution in [2.75, 3.05) is 49.9 Å².